The summed E-state index contributed by atoms with van der Waals surface area (Å²) in [7, 11) is 0. The number of aliphatic hydroxyl groups excluding tert-OH is 1. The SMILES string of the molecule is CCC(=O)c1ccc(N(CCCO)C(C)C)cc1. The lowest BCUT2D eigenvalue weighted by Crippen LogP contribution is -2.32. The molecular weight excluding hydrogens is 226 g/mol. The van der Waals surface area contributed by atoms with Gasteiger partial charge in [-0.3, -0.25) is 4.79 Å². The first-order chi connectivity index (χ1) is 8.60. The van der Waals surface area contributed by atoms with Crippen molar-refractivity contribution in [1.29, 1.82) is 0 Å². The second kappa shape index (κ2) is 7.17. The first kappa shape index (κ1) is 14.7. The zero-order chi connectivity index (χ0) is 13.5. The molecule has 0 aliphatic rings. The van der Waals surface area contributed by atoms with Crippen molar-refractivity contribution < 1.29 is 9.90 Å². The molecule has 3 nitrogen and oxygen atoms in total. The van der Waals surface area contributed by atoms with Crippen molar-refractivity contribution in [3.05, 3.63) is 29.8 Å². The zero-order valence-electron chi connectivity index (χ0n) is 11.5. The molecule has 1 aromatic rings. The van der Waals surface area contributed by atoms with Gasteiger partial charge in [0.25, 0.3) is 0 Å². The molecule has 0 saturated heterocycles. The van der Waals surface area contributed by atoms with Crippen molar-refractivity contribution in [2.75, 3.05) is 18.1 Å². The predicted molar refractivity (Wildman–Crippen MR) is 75.2 cm³/mol. The number of hydrogen-bond acceptors (Lipinski definition) is 3. The number of carbonyl (C=O) groups excluding carboxylic acids is 1. The quantitative estimate of drug-likeness (QED) is 0.755. The molecule has 0 bridgehead atoms. The normalized spacial score (nSPS) is 10.7. The largest absolute Gasteiger partial charge is 0.396 e. The lowest BCUT2D eigenvalue weighted by molar-refractivity contribution is 0.0988. The zero-order valence-corrected chi connectivity index (χ0v) is 11.5. The van der Waals surface area contributed by atoms with Crippen molar-refractivity contribution in [2.45, 2.75) is 39.7 Å². The Morgan fingerprint density at radius 1 is 1.28 bits per heavy atom. The van der Waals surface area contributed by atoms with E-state index in [1.54, 1.807) is 0 Å². The van der Waals surface area contributed by atoms with Crippen LogP contribution >= 0.6 is 0 Å². The minimum atomic E-state index is 0.174. The van der Waals surface area contributed by atoms with Crippen molar-refractivity contribution in [2.24, 2.45) is 0 Å². The van der Waals surface area contributed by atoms with Crippen molar-refractivity contribution in [1.82, 2.24) is 0 Å². The Morgan fingerprint density at radius 2 is 1.89 bits per heavy atom. The highest BCUT2D eigenvalue weighted by Crippen LogP contribution is 2.19. The summed E-state index contributed by atoms with van der Waals surface area (Å²) in [6, 6.07) is 8.12. The van der Waals surface area contributed by atoms with Gasteiger partial charge in [0.15, 0.2) is 5.78 Å². The molecule has 0 aliphatic carbocycles. The third-order valence-corrected chi connectivity index (χ3v) is 3.02. The van der Waals surface area contributed by atoms with Crippen molar-refractivity contribution in [3.8, 4) is 0 Å². The molecule has 0 fully saturated rings. The van der Waals surface area contributed by atoms with E-state index in [4.69, 9.17) is 5.11 Å². The number of ketones is 1. The van der Waals surface area contributed by atoms with E-state index in [2.05, 4.69) is 18.7 Å². The first-order valence-electron chi connectivity index (χ1n) is 6.61. The van der Waals surface area contributed by atoms with Gasteiger partial charge >= 0.3 is 0 Å². The van der Waals surface area contributed by atoms with E-state index >= 15 is 0 Å². The van der Waals surface area contributed by atoms with Crippen molar-refractivity contribution >= 4 is 11.5 Å². The van der Waals surface area contributed by atoms with Gasteiger partial charge in [-0.05, 0) is 44.5 Å². The fourth-order valence-electron chi connectivity index (χ4n) is 1.97. The van der Waals surface area contributed by atoms with Gasteiger partial charge in [0.2, 0.25) is 0 Å². The van der Waals surface area contributed by atoms with Crippen LogP contribution in [0.1, 0.15) is 44.0 Å². The molecule has 0 aliphatic heterocycles. The topological polar surface area (TPSA) is 40.5 Å². The number of rotatable bonds is 7. The lowest BCUT2D eigenvalue weighted by atomic mass is 10.1. The second-order valence-electron chi connectivity index (χ2n) is 4.69. The number of anilines is 1. The Kier molecular flexibility index (Phi) is 5.86. The Balaban J connectivity index is 2.83. The minimum Gasteiger partial charge on any atom is -0.396 e. The third kappa shape index (κ3) is 3.84. The van der Waals surface area contributed by atoms with Crippen LogP contribution in [0.5, 0.6) is 0 Å². The summed E-state index contributed by atoms with van der Waals surface area (Å²) >= 11 is 0. The minimum absolute atomic E-state index is 0.174. The number of carbonyl (C=O) groups is 1. The standard InChI is InChI=1S/C15H23NO2/c1-4-15(18)13-6-8-14(9-7-13)16(12(2)3)10-5-11-17/h6-9,12,17H,4-5,10-11H2,1-3H3. The number of hydrogen-bond donors (Lipinski definition) is 1. The molecule has 100 valence electrons. The summed E-state index contributed by atoms with van der Waals surface area (Å²) in [5.41, 5.74) is 1.87. The predicted octanol–water partition coefficient (Wildman–Crippen LogP) is 2.88. The summed E-state index contributed by atoms with van der Waals surface area (Å²) in [5.74, 6) is 0.174. The molecular formula is C15H23NO2. The highest BCUT2D eigenvalue weighted by atomic mass is 16.3. The molecule has 1 rings (SSSR count). The maximum atomic E-state index is 11.6. The Bertz CT molecular complexity index is 371. The molecule has 0 heterocycles. The van der Waals surface area contributed by atoms with Crippen LogP contribution in [0, 0.1) is 0 Å². The van der Waals surface area contributed by atoms with Gasteiger partial charge in [-0.15, -0.1) is 0 Å². The smallest absolute Gasteiger partial charge is 0.162 e. The molecule has 0 radical (unpaired) electrons. The molecule has 1 N–H and O–H groups in total. The van der Waals surface area contributed by atoms with Crippen LogP contribution in [0.3, 0.4) is 0 Å². The summed E-state index contributed by atoms with van der Waals surface area (Å²) in [6.07, 6.45) is 1.30. The molecule has 0 atom stereocenters. The van der Waals surface area contributed by atoms with Gasteiger partial charge in [-0.2, -0.15) is 0 Å². The molecule has 0 unspecified atom stereocenters. The fourth-order valence-corrected chi connectivity index (χ4v) is 1.97. The van der Waals surface area contributed by atoms with Crippen LogP contribution in [0.25, 0.3) is 0 Å². The van der Waals surface area contributed by atoms with Crippen LogP contribution in [0.2, 0.25) is 0 Å². The average molecular weight is 249 g/mol. The summed E-state index contributed by atoms with van der Waals surface area (Å²) < 4.78 is 0. The van der Waals surface area contributed by atoms with Gasteiger partial charge in [0, 0.05) is 36.9 Å². The van der Waals surface area contributed by atoms with Crippen LogP contribution in [0.4, 0.5) is 5.69 Å². The number of benzene rings is 1. The molecule has 0 aromatic heterocycles. The van der Waals surface area contributed by atoms with Crippen LogP contribution in [0.15, 0.2) is 24.3 Å². The van der Waals surface area contributed by atoms with Gasteiger partial charge < -0.3 is 10.0 Å². The molecule has 3 heteroatoms. The number of nitrogens with zero attached hydrogens (tertiary/aromatic N) is 1. The maximum Gasteiger partial charge on any atom is 0.162 e. The van der Waals surface area contributed by atoms with E-state index in [0.717, 1.165) is 24.2 Å². The van der Waals surface area contributed by atoms with Gasteiger partial charge in [0.05, 0.1) is 0 Å². The van der Waals surface area contributed by atoms with Gasteiger partial charge in [-0.1, -0.05) is 6.92 Å². The van der Waals surface area contributed by atoms with Gasteiger partial charge in [0.1, 0.15) is 0 Å². The van der Waals surface area contributed by atoms with E-state index in [1.165, 1.54) is 0 Å². The van der Waals surface area contributed by atoms with E-state index in [1.807, 2.05) is 31.2 Å². The Morgan fingerprint density at radius 3 is 2.33 bits per heavy atom. The fraction of sp³-hybridized carbons (Fsp3) is 0.533. The van der Waals surface area contributed by atoms with E-state index in [-0.39, 0.29) is 12.4 Å². The second-order valence-corrected chi connectivity index (χ2v) is 4.69. The van der Waals surface area contributed by atoms with E-state index in [0.29, 0.717) is 12.5 Å². The summed E-state index contributed by atoms with van der Waals surface area (Å²) in [4.78, 5) is 13.8. The first-order valence-corrected chi connectivity index (χ1v) is 6.61. The highest BCUT2D eigenvalue weighted by Gasteiger charge is 2.10. The Labute approximate surface area is 109 Å². The number of aliphatic hydroxyl groups is 1. The monoisotopic (exact) mass is 249 g/mol. The van der Waals surface area contributed by atoms with Crippen molar-refractivity contribution in [3.63, 3.8) is 0 Å². The van der Waals surface area contributed by atoms with Gasteiger partial charge in [-0.25, -0.2) is 0 Å². The molecule has 1 aromatic carbocycles. The summed E-state index contributed by atoms with van der Waals surface area (Å²) in [5, 5.41) is 8.92. The van der Waals surface area contributed by atoms with Crippen LogP contribution in [-0.4, -0.2) is 30.1 Å². The molecule has 0 spiro atoms. The van der Waals surface area contributed by atoms with E-state index < -0.39 is 0 Å². The maximum absolute atomic E-state index is 11.6. The summed E-state index contributed by atoms with van der Waals surface area (Å²) in [6.45, 7) is 7.16. The Hall–Kier alpha value is -1.35. The molecule has 18 heavy (non-hydrogen) atoms. The van der Waals surface area contributed by atoms with E-state index in [9.17, 15) is 4.79 Å². The average Bonchev–Trinajstić information content (AvgIpc) is 2.38. The highest BCUT2D eigenvalue weighted by molar-refractivity contribution is 5.96. The number of Topliss-reactive ketones (excluding diaryl/α,β-unsaturated/α-hetero) is 1. The molecule has 0 saturated carbocycles. The lowest BCUT2D eigenvalue weighted by Gasteiger charge is -2.29. The third-order valence-electron chi connectivity index (χ3n) is 3.02. The van der Waals surface area contributed by atoms with Crippen LogP contribution in [-0.2, 0) is 0 Å². The molecule has 0 amide bonds. The van der Waals surface area contributed by atoms with Crippen LogP contribution < -0.4 is 4.90 Å².